The van der Waals surface area contributed by atoms with Crippen LogP contribution in [0.5, 0.6) is 0 Å². The van der Waals surface area contributed by atoms with Gasteiger partial charge in [0.2, 0.25) is 0 Å². The van der Waals surface area contributed by atoms with E-state index in [1.54, 1.807) is 0 Å². The minimum atomic E-state index is -4.33. The summed E-state index contributed by atoms with van der Waals surface area (Å²) >= 11 is 3.42. The van der Waals surface area contributed by atoms with E-state index in [9.17, 15) is 13.2 Å². The first-order valence-electron chi connectivity index (χ1n) is 7.25. The fourth-order valence-electron chi connectivity index (χ4n) is 2.74. The summed E-state index contributed by atoms with van der Waals surface area (Å²) in [4.78, 5) is 2.23. The number of benzene rings is 1. The van der Waals surface area contributed by atoms with Crippen LogP contribution in [-0.2, 0) is 6.18 Å². The van der Waals surface area contributed by atoms with Crippen molar-refractivity contribution in [2.24, 2.45) is 0 Å². The van der Waals surface area contributed by atoms with E-state index in [1.807, 2.05) is 6.92 Å². The Kier molecular flexibility index (Phi) is 9.91. The predicted octanol–water partition coefficient (Wildman–Crippen LogP) is 5.22. The Balaban J connectivity index is 0.00000264. The first-order chi connectivity index (χ1) is 10.3. The molecular weight excluding hydrogens is 428 g/mol. The van der Waals surface area contributed by atoms with Gasteiger partial charge in [0.05, 0.1) is 5.56 Å². The number of nitrogens with zero attached hydrogens (tertiary/aromatic N) is 1. The van der Waals surface area contributed by atoms with Crippen LogP contribution in [0, 0.1) is 0 Å². The highest BCUT2D eigenvalue weighted by molar-refractivity contribution is 9.10. The first-order valence-corrected chi connectivity index (χ1v) is 8.04. The van der Waals surface area contributed by atoms with Crippen LogP contribution < -0.4 is 5.32 Å². The first kappa shape index (κ1) is 23.7. The van der Waals surface area contributed by atoms with Crippen LogP contribution >= 0.6 is 40.7 Å². The summed E-state index contributed by atoms with van der Waals surface area (Å²) in [5, 5.41) is 3.27. The van der Waals surface area contributed by atoms with Crippen molar-refractivity contribution in [1.29, 1.82) is 0 Å². The molecule has 138 valence electrons. The molecule has 0 spiro atoms. The Morgan fingerprint density at radius 3 is 2.38 bits per heavy atom. The Labute approximate surface area is 161 Å². The van der Waals surface area contributed by atoms with Gasteiger partial charge in [0.1, 0.15) is 0 Å². The summed E-state index contributed by atoms with van der Waals surface area (Å²) in [7, 11) is 0. The summed E-state index contributed by atoms with van der Waals surface area (Å²) in [6.07, 6.45) is -3.67. The van der Waals surface area contributed by atoms with Crippen molar-refractivity contribution in [1.82, 2.24) is 10.2 Å². The fraction of sp³-hybridized carbons (Fsp3) is 0.500. The van der Waals surface area contributed by atoms with Gasteiger partial charge in [0.15, 0.2) is 0 Å². The largest absolute Gasteiger partial charge is 0.416 e. The summed E-state index contributed by atoms with van der Waals surface area (Å²) in [5.41, 5.74) is 1.04. The highest BCUT2D eigenvalue weighted by Crippen LogP contribution is 2.37. The lowest BCUT2D eigenvalue weighted by atomic mass is 9.96. The maximum absolute atomic E-state index is 13.0. The lowest BCUT2D eigenvalue weighted by molar-refractivity contribution is -0.137. The predicted molar refractivity (Wildman–Crippen MR) is 100 cm³/mol. The number of halogens is 6. The smallest absolute Gasteiger partial charge is 0.314 e. The lowest BCUT2D eigenvalue weighted by Crippen LogP contribution is -2.45. The summed E-state index contributed by atoms with van der Waals surface area (Å²) < 4.78 is 39.7. The monoisotopic (exact) mass is 448 g/mol. The Hall–Kier alpha value is -0.270. The average molecular weight is 450 g/mol. The van der Waals surface area contributed by atoms with Crippen LogP contribution in [0.2, 0.25) is 0 Å². The molecule has 1 aliphatic heterocycles. The highest BCUT2D eigenvalue weighted by atomic mass is 79.9. The van der Waals surface area contributed by atoms with Crippen LogP contribution in [-0.4, -0.2) is 31.1 Å². The maximum atomic E-state index is 13.0. The number of nitrogens with one attached hydrogen (secondary N) is 1. The van der Waals surface area contributed by atoms with E-state index in [0.29, 0.717) is 16.5 Å². The minimum absolute atomic E-state index is 0. The second-order valence-corrected chi connectivity index (χ2v) is 6.55. The molecule has 1 aliphatic rings. The standard InChI is InChI=1S/C16H20BrF3N2.2ClH/c1-11(2)9-15(22-7-5-21-6-8-22)13-10-12(16(18,19)20)3-4-14(13)17;;/h3-4,10,15,21H,1,5-9H2,2H3;2*1H/t15-;;/m0../s1. The molecule has 2 rings (SSSR count). The van der Waals surface area contributed by atoms with E-state index in [4.69, 9.17) is 0 Å². The molecule has 0 unspecified atom stereocenters. The molecule has 0 saturated carbocycles. The molecule has 0 aromatic heterocycles. The molecule has 0 radical (unpaired) electrons. The van der Waals surface area contributed by atoms with Crippen molar-refractivity contribution in [2.75, 3.05) is 26.2 Å². The van der Waals surface area contributed by atoms with Gasteiger partial charge in [0, 0.05) is 36.7 Å². The van der Waals surface area contributed by atoms with Gasteiger partial charge in [0.25, 0.3) is 0 Å². The third-order valence-corrected chi connectivity index (χ3v) is 4.54. The van der Waals surface area contributed by atoms with Gasteiger partial charge in [-0.3, -0.25) is 4.90 Å². The van der Waals surface area contributed by atoms with Crippen LogP contribution in [0.25, 0.3) is 0 Å². The van der Waals surface area contributed by atoms with Gasteiger partial charge in [-0.05, 0) is 37.1 Å². The van der Waals surface area contributed by atoms with Gasteiger partial charge < -0.3 is 5.32 Å². The average Bonchev–Trinajstić information content (AvgIpc) is 2.45. The Morgan fingerprint density at radius 2 is 1.88 bits per heavy atom. The third kappa shape index (κ3) is 6.23. The second kappa shape index (κ2) is 10.0. The minimum Gasteiger partial charge on any atom is -0.314 e. The van der Waals surface area contributed by atoms with Crippen molar-refractivity contribution >= 4 is 40.7 Å². The van der Waals surface area contributed by atoms with Crippen LogP contribution in [0.1, 0.15) is 30.5 Å². The number of rotatable bonds is 4. The molecule has 0 aliphatic carbocycles. The third-order valence-electron chi connectivity index (χ3n) is 3.82. The van der Waals surface area contributed by atoms with Gasteiger partial charge >= 0.3 is 6.18 Å². The molecule has 0 amide bonds. The van der Waals surface area contributed by atoms with Gasteiger partial charge in [-0.25, -0.2) is 0 Å². The van der Waals surface area contributed by atoms with Crippen molar-refractivity contribution in [3.05, 3.63) is 46.0 Å². The lowest BCUT2D eigenvalue weighted by Gasteiger charge is -2.36. The number of piperazine rings is 1. The fourth-order valence-corrected chi connectivity index (χ4v) is 3.25. The van der Waals surface area contributed by atoms with Crippen LogP contribution in [0.3, 0.4) is 0 Å². The molecular formula is C16H22BrCl2F3N2. The van der Waals surface area contributed by atoms with E-state index in [-0.39, 0.29) is 30.9 Å². The molecule has 1 heterocycles. The van der Waals surface area contributed by atoms with Crippen molar-refractivity contribution in [3.63, 3.8) is 0 Å². The molecule has 1 saturated heterocycles. The summed E-state index contributed by atoms with van der Waals surface area (Å²) in [6, 6.07) is 3.78. The second-order valence-electron chi connectivity index (χ2n) is 5.70. The van der Waals surface area contributed by atoms with E-state index in [1.165, 1.54) is 12.1 Å². The van der Waals surface area contributed by atoms with Crippen LogP contribution in [0.4, 0.5) is 13.2 Å². The zero-order valence-electron chi connectivity index (χ0n) is 13.3. The maximum Gasteiger partial charge on any atom is 0.416 e. The van der Waals surface area contributed by atoms with E-state index in [2.05, 4.69) is 32.7 Å². The van der Waals surface area contributed by atoms with Crippen molar-refractivity contribution in [2.45, 2.75) is 25.6 Å². The van der Waals surface area contributed by atoms with E-state index < -0.39 is 11.7 Å². The zero-order valence-corrected chi connectivity index (χ0v) is 16.5. The number of hydrogen-bond acceptors (Lipinski definition) is 2. The quantitative estimate of drug-likeness (QED) is 0.633. The number of alkyl halides is 3. The number of hydrogen-bond donors (Lipinski definition) is 1. The zero-order chi connectivity index (χ0) is 16.3. The summed E-state index contributed by atoms with van der Waals surface area (Å²) in [6.45, 7) is 9.19. The van der Waals surface area contributed by atoms with E-state index >= 15 is 0 Å². The van der Waals surface area contributed by atoms with Gasteiger partial charge in [-0.2, -0.15) is 13.2 Å². The van der Waals surface area contributed by atoms with Crippen molar-refractivity contribution < 1.29 is 13.2 Å². The van der Waals surface area contributed by atoms with Gasteiger partial charge in [-0.1, -0.05) is 21.5 Å². The molecule has 1 N–H and O–H groups in total. The SMILES string of the molecule is C=C(C)C[C@@H](c1cc(C(F)(F)F)ccc1Br)N1CCNCC1.Cl.Cl. The molecule has 0 bridgehead atoms. The summed E-state index contributed by atoms with van der Waals surface area (Å²) in [5.74, 6) is 0. The highest BCUT2D eigenvalue weighted by Gasteiger charge is 2.32. The normalized spacial score (nSPS) is 16.7. The molecule has 1 aromatic rings. The molecule has 1 fully saturated rings. The van der Waals surface area contributed by atoms with Gasteiger partial charge in [-0.15, -0.1) is 31.4 Å². The van der Waals surface area contributed by atoms with E-state index in [0.717, 1.165) is 37.8 Å². The molecule has 1 atom stereocenters. The molecule has 1 aromatic carbocycles. The van der Waals surface area contributed by atoms with Crippen molar-refractivity contribution in [3.8, 4) is 0 Å². The Bertz CT molecular complexity index is 547. The molecule has 2 nitrogen and oxygen atoms in total. The topological polar surface area (TPSA) is 15.3 Å². The molecule has 8 heteroatoms. The van der Waals surface area contributed by atoms with Crippen LogP contribution in [0.15, 0.2) is 34.8 Å². The Morgan fingerprint density at radius 1 is 1.29 bits per heavy atom. The molecule has 24 heavy (non-hydrogen) atoms.